The number of carbonyl (C=O) groups is 1. The summed E-state index contributed by atoms with van der Waals surface area (Å²) in [5.41, 5.74) is 6.49. The molecule has 1 aliphatic rings. The molecule has 2 atom stereocenters. The maximum absolute atomic E-state index is 13.9. The number of carbonyl (C=O) groups excluding carboxylic acids is 1. The van der Waals surface area contributed by atoms with Crippen LogP contribution >= 0.6 is 0 Å². The molecule has 1 aromatic heterocycles. The number of aryl methyl sites for hydroxylation is 3. The second-order valence-corrected chi connectivity index (χ2v) is 12.7. The molecule has 0 spiro atoms. The molecule has 0 saturated carbocycles. The average molecular weight is 568 g/mol. The predicted octanol–water partition coefficient (Wildman–Crippen LogP) is 6.78. The molecular weight excluding hydrogens is 530 g/mol. The second kappa shape index (κ2) is 12.4. The van der Waals surface area contributed by atoms with Gasteiger partial charge in [0.2, 0.25) is 15.9 Å². The highest BCUT2D eigenvalue weighted by atomic mass is 32.2. The van der Waals surface area contributed by atoms with Crippen LogP contribution in [0, 0.1) is 13.8 Å². The number of nitrogens with zero attached hydrogens (tertiary/aromatic N) is 2. The predicted molar refractivity (Wildman–Crippen MR) is 163 cm³/mol. The fourth-order valence-electron chi connectivity index (χ4n) is 5.56. The molecule has 0 radical (unpaired) electrons. The Bertz CT molecular complexity index is 1640. The van der Waals surface area contributed by atoms with E-state index in [1.54, 1.807) is 23.1 Å². The van der Waals surface area contributed by atoms with Gasteiger partial charge in [-0.1, -0.05) is 61.5 Å². The van der Waals surface area contributed by atoms with Gasteiger partial charge in [0.05, 0.1) is 17.1 Å². The zero-order chi connectivity index (χ0) is 29.0. The van der Waals surface area contributed by atoms with Gasteiger partial charge in [-0.25, -0.2) is 13.1 Å². The van der Waals surface area contributed by atoms with E-state index in [1.165, 1.54) is 0 Å². The van der Waals surface area contributed by atoms with Crippen LogP contribution in [-0.4, -0.2) is 19.3 Å². The van der Waals surface area contributed by atoms with Crippen LogP contribution in [0.25, 0.3) is 0 Å². The third kappa shape index (κ3) is 6.92. The molecule has 3 aromatic carbocycles. The van der Waals surface area contributed by atoms with Gasteiger partial charge in [-0.05, 0) is 97.7 Å². The van der Waals surface area contributed by atoms with Gasteiger partial charge in [0.15, 0.2) is 0 Å². The standard InChI is InChI=1S/C34H37N3O3S/c1-24-10-7-16-31(20-24)41(39,40)36-33-17-9-14-28-18-19-30(22-32(28)33)37(23-29-15-8-11-26(3)35-29)34(38)21-25(2)27-12-5-4-6-13-27/h4-8,10-13,15-16,18-20,22,25,33,36H,9,14,17,21,23H2,1-3H3/t25-,33-/m1/s1. The largest absolute Gasteiger partial charge is 0.306 e. The summed E-state index contributed by atoms with van der Waals surface area (Å²) in [6, 6.07) is 28.5. The highest BCUT2D eigenvalue weighted by Crippen LogP contribution is 2.35. The molecule has 1 N–H and O–H groups in total. The maximum Gasteiger partial charge on any atom is 0.241 e. The first-order chi connectivity index (χ1) is 19.7. The summed E-state index contributed by atoms with van der Waals surface area (Å²) < 4.78 is 29.6. The van der Waals surface area contributed by atoms with Gasteiger partial charge in [0.25, 0.3) is 0 Å². The van der Waals surface area contributed by atoms with Crippen molar-refractivity contribution in [2.75, 3.05) is 4.90 Å². The second-order valence-electron chi connectivity index (χ2n) is 11.0. The number of hydrogen-bond donors (Lipinski definition) is 1. The number of fused-ring (bicyclic) bond motifs is 1. The molecular formula is C34H37N3O3S. The molecule has 7 heteroatoms. The minimum atomic E-state index is -3.71. The van der Waals surface area contributed by atoms with Crippen LogP contribution < -0.4 is 9.62 Å². The Morgan fingerprint density at radius 1 is 0.976 bits per heavy atom. The molecule has 0 aliphatic heterocycles. The normalized spacial score (nSPS) is 15.6. The molecule has 5 rings (SSSR count). The van der Waals surface area contributed by atoms with Gasteiger partial charge in [0.1, 0.15) is 0 Å². The van der Waals surface area contributed by atoms with Crippen LogP contribution in [0.5, 0.6) is 0 Å². The zero-order valence-corrected chi connectivity index (χ0v) is 24.7. The van der Waals surface area contributed by atoms with Gasteiger partial charge >= 0.3 is 0 Å². The van der Waals surface area contributed by atoms with Crippen molar-refractivity contribution in [3.8, 4) is 0 Å². The van der Waals surface area contributed by atoms with E-state index in [4.69, 9.17) is 0 Å². The summed E-state index contributed by atoms with van der Waals surface area (Å²) in [7, 11) is -3.71. The molecule has 1 amide bonds. The molecule has 6 nitrogen and oxygen atoms in total. The third-order valence-electron chi connectivity index (χ3n) is 7.77. The quantitative estimate of drug-likeness (QED) is 0.242. The van der Waals surface area contributed by atoms with Crippen LogP contribution in [0.1, 0.15) is 71.8 Å². The Morgan fingerprint density at radius 2 is 1.76 bits per heavy atom. The number of nitrogens with one attached hydrogen (secondary N) is 1. The van der Waals surface area contributed by atoms with Crippen LogP contribution in [0.15, 0.2) is 95.9 Å². The molecule has 0 bridgehead atoms. The first kappa shape index (κ1) is 28.7. The van der Waals surface area contributed by atoms with E-state index in [-0.39, 0.29) is 22.8 Å². The summed E-state index contributed by atoms with van der Waals surface area (Å²) in [5.74, 6) is 0.0421. The summed E-state index contributed by atoms with van der Waals surface area (Å²) in [5, 5.41) is 0. The van der Waals surface area contributed by atoms with Crippen molar-refractivity contribution in [2.24, 2.45) is 0 Å². The summed E-state index contributed by atoms with van der Waals surface area (Å²) in [4.78, 5) is 20.6. The number of rotatable bonds is 9. The van der Waals surface area contributed by atoms with Gasteiger partial charge in [-0.2, -0.15) is 0 Å². The molecule has 4 aromatic rings. The van der Waals surface area contributed by atoms with Crippen molar-refractivity contribution in [1.29, 1.82) is 0 Å². The lowest BCUT2D eigenvalue weighted by Gasteiger charge is -2.30. The summed E-state index contributed by atoms with van der Waals surface area (Å²) in [6.07, 6.45) is 2.80. The lowest BCUT2D eigenvalue weighted by atomic mass is 9.87. The fourth-order valence-corrected chi connectivity index (χ4v) is 6.91. The summed E-state index contributed by atoms with van der Waals surface area (Å²) in [6.45, 7) is 6.23. The summed E-state index contributed by atoms with van der Waals surface area (Å²) >= 11 is 0. The smallest absolute Gasteiger partial charge is 0.241 e. The molecule has 0 unspecified atom stereocenters. The molecule has 41 heavy (non-hydrogen) atoms. The topological polar surface area (TPSA) is 79.4 Å². The lowest BCUT2D eigenvalue weighted by molar-refractivity contribution is -0.119. The van der Waals surface area contributed by atoms with E-state index in [0.717, 1.165) is 52.2 Å². The number of anilines is 1. The number of benzene rings is 3. The average Bonchev–Trinajstić information content (AvgIpc) is 2.96. The molecule has 1 heterocycles. The van der Waals surface area contributed by atoms with E-state index >= 15 is 0 Å². The zero-order valence-electron chi connectivity index (χ0n) is 23.9. The number of aromatic nitrogens is 1. The van der Waals surface area contributed by atoms with Crippen LogP contribution in [0.2, 0.25) is 0 Å². The van der Waals surface area contributed by atoms with Gasteiger partial charge in [-0.15, -0.1) is 0 Å². The van der Waals surface area contributed by atoms with Gasteiger partial charge in [-0.3, -0.25) is 9.78 Å². The Morgan fingerprint density at radius 3 is 2.51 bits per heavy atom. The van der Waals surface area contributed by atoms with Crippen molar-refractivity contribution in [3.63, 3.8) is 0 Å². The van der Waals surface area contributed by atoms with Gasteiger partial charge in [0, 0.05) is 23.8 Å². The molecule has 1 aliphatic carbocycles. The molecule has 212 valence electrons. The van der Waals surface area contributed by atoms with Crippen molar-refractivity contribution in [1.82, 2.24) is 9.71 Å². The maximum atomic E-state index is 13.9. The van der Waals surface area contributed by atoms with Crippen molar-refractivity contribution in [2.45, 2.75) is 69.9 Å². The van der Waals surface area contributed by atoms with Crippen LogP contribution in [0.3, 0.4) is 0 Å². The Hall–Kier alpha value is -3.81. The third-order valence-corrected chi connectivity index (χ3v) is 9.24. The van der Waals surface area contributed by atoms with Crippen LogP contribution in [0.4, 0.5) is 5.69 Å². The number of sulfonamides is 1. The Kier molecular flexibility index (Phi) is 8.66. The molecule has 0 saturated heterocycles. The van der Waals surface area contributed by atoms with E-state index < -0.39 is 10.0 Å². The number of hydrogen-bond acceptors (Lipinski definition) is 4. The Balaban J connectivity index is 1.47. The minimum Gasteiger partial charge on any atom is -0.306 e. The highest BCUT2D eigenvalue weighted by Gasteiger charge is 2.28. The first-order valence-electron chi connectivity index (χ1n) is 14.2. The van der Waals surface area contributed by atoms with E-state index in [0.29, 0.717) is 19.4 Å². The lowest BCUT2D eigenvalue weighted by Crippen LogP contribution is -2.33. The number of amides is 1. The van der Waals surface area contributed by atoms with Gasteiger partial charge < -0.3 is 4.90 Å². The monoisotopic (exact) mass is 567 g/mol. The SMILES string of the molecule is Cc1cccc(S(=O)(=O)N[C@@H]2CCCc3ccc(N(Cc4cccc(C)n4)C(=O)C[C@@H](C)c4ccccc4)cc32)c1. The van der Waals surface area contributed by atoms with Crippen molar-refractivity contribution < 1.29 is 13.2 Å². The first-order valence-corrected chi connectivity index (χ1v) is 15.7. The van der Waals surface area contributed by atoms with Crippen molar-refractivity contribution >= 4 is 21.6 Å². The minimum absolute atomic E-state index is 0.00249. The Labute approximate surface area is 243 Å². The van der Waals surface area contributed by atoms with Crippen molar-refractivity contribution in [3.05, 3.63) is 125 Å². The molecule has 0 fully saturated rings. The van der Waals surface area contributed by atoms with E-state index in [2.05, 4.69) is 16.6 Å². The fraction of sp³-hybridized carbons (Fsp3) is 0.294. The van der Waals surface area contributed by atoms with E-state index in [9.17, 15) is 13.2 Å². The number of pyridine rings is 1. The van der Waals surface area contributed by atoms with E-state index in [1.807, 2.05) is 86.6 Å². The van der Waals surface area contributed by atoms with Crippen LogP contribution in [-0.2, 0) is 27.8 Å². The highest BCUT2D eigenvalue weighted by molar-refractivity contribution is 7.89.